The number of amides is 2. The number of halogens is 1. The number of benzene rings is 3. The molecule has 7 nitrogen and oxygen atoms in total. The van der Waals surface area contributed by atoms with Gasteiger partial charge < -0.3 is 10.2 Å². The summed E-state index contributed by atoms with van der Waals surface area (Å²) in [6.45, 7) is 7.28. The molecule has 0 saturated heterocycles. The van der Waals surface area contributed by atoms with Gasteiger partial charge in [-0.15, -0.1) is 0 Å². The van der Waals surface area contributed by atoms with Crippen molar-refractivity contribution in [2.24, 2.45) is 0 Å². The van der Waals surface area contributed by atoms with Gasteiger partial charge in [0, 0.05) is 24.0 Å². The van der Waals surface area contributed by atoms with Gasteiger partial charge in [-0.2, -0.15) is 0 Å². The summed E-state index contributed by atoms with van der Waals surface area (Å²) in [5, 5.41) is 3.38. The molecular weight excluding hydrogens is 546 g/mol. The minimum absolute atomic E-state index is 0.0938. The highest BCUT2D eigenvalue weighted by Gasteiger charge is 2.33. The molecule has 2 atom stereocenters. The molecule has 0 fully saturated rings. The fourth-order valence-corrected chi connectivity index (χ4v) is 5.40. The third-order valence-electron chi connectivity index (χ3n) is 6.86. The third kappa shape index (κ3) is 8.57. The van der Waals surface area contributed by atoms with Crippen LogP contribution in [-0.2, 0) is 32.6 Å². The maximum Gasteiger partial charge on any atom is 0.244 e. The molecule has 0 aliphatic carbocycles. The molecule has 0 saturated carbocycles. The normalized spacial score (nSPS) is 12.8. The molecule has 3 aromatic carbocycles. The average Bonchev–Trinajstić information content (AvgIpc) is 2.91. The maximum atomic E-state index is 14.1. The van der Waals surface area contributed by atoms with Gasteiger partial charge in [0.2, 0.25) is 21.8 Å². The van der Waals surface area contributed by atoms with Crippen molar-refractivity contribution in [3.05, 3.63) is 100 Å². The number of nitrogens with one attached hydrogen (secondary N) is 1. The van der Waals surface area contributed by atoms with Crippen molar-refractivity contribution in [2.75, 3.05) is 17.1 Å². The van der Waals surface area contributed by atoms with Gasteiger partial charge in [0.25, 0.3) is 0 Å². The van der Waals surface area contributed by atoms with E-state index in [1.807, 2.05) is 75.4 Å². The van der Waals surface area contributed by atoms with Gasteiger partial charge in [-0.3, -0.25) is 13.9 Å². The molecule has 0 radical (unpaired) electrons. The molecule has 1 N–H and O–H groups in total. The highest BCUT2D eigenvalue weighted by molar-refractivity contribution is 7.92. The van der Waals surface area contributed by atoms with Crippen molar-refractivity contribution in [1.29, 1.82) is 0 Å². The van der Waals surface area contributed by atoms with E-state index < -0.39 is 28.5 Å². The summed E-state index contributed by atoms with van der Waals surface area (Å²) in [6.07, 6.45) is 2.06. The summed E-state index contributed by atoms with van der Waals surface area (Å²) in [5.74, 6) is -0.783. The Kier molecular flexibility index (Phi) is 10.8. The standard InChI is InChI=1S/C31H38ClN3O4S/c1-6-24(4)33-31(37)29(18-25-10-8-7-9-11-25)34(20-26-15-12-22(2)13-16-26)30(36)21-35(40(5,38)39)28-19-27(32)17-14-23(28)3/h7-17,19,24,29H,6,18,20-21H2,1-5H3,(H,33,37)/t24-,29+/m1/s1. The van der Waals surface area contributed by atoms with Crippen LogP contribution in [0.3, 0.4) is 0 Å². The van der Waals surface area contributed by atoms with Crippen molar-refractivity contribution in [1.82, 2.24) is 10.2 Å². The van der Waals surface area contributed by atoms with E-state index in [0.717, 1.165) is 33.7 Å². The second-order valence-corrected chi connectivity index (χ2v) is 12.6. The first-order chi connectivity index (χ1) is 18.9. The van der Waals surface area contributed by atoms with E-state index in [1.54, 1.807) is 19.1 Å². The molecule has 3 rings (SSSR count). The minimum atomic E-state index is -3.87. The van der Waals surface area contributed by atoms with Crippen molar-refractivity contribution in [3.63, 3.8) is 0 Å². The van der Waals surface area contributed by atoms with Crippen LogP contribution in [0.2, 0.25) is 5.02 Å². The summed E-state index contributed by atoms with van der Waals surface area (Å²) in [7, 11) is -3.87. The second-order valence-electron chi connectivity index (χ2n) is 10.2. The van der Waals surface area contributed by atoms with Crippen LogP contribution in [0, 0.1) is 13.8 Å². The second kappa shape index (κ2) is 13.8. The van der Waals surface area contributed by atoms with Gasteiger partial charge in [-0.05, 0) is 56.0 Å². The number of sulfonamides is 1. The largest absolute Gasteiger partial charge is 0.352 e. The topological polar surface area (TPSA) is 86.8 Å². The Labute approximate surface area is 243 Å². The molecule has 9 heteroatoms. The molecule has 0 unspecified atom stereocenters. The van der Waals surface area contributed by atoms with E-state index >= 15 is 0 Å². The predicted molar refractivity (Wildman–Crippen MR) is 162 cm³/mol. The highest BCUT2D eigenvalue weighted by atomic mass is 35.5. The molecule has 2 amide bonds. The molecule has 0 aliphatic heterocycles. The first-order valence-electron chi connectivity index (χ1n) is 13.3. The number of hydrogen-bond acceptors (Lipinski definition) is 4. The number of carbonyl (C=O) groups is 2. The Bertz CT molecular complexity index is 1410. The molecule has 0 aromatic heterocycles. The van der Waals surface area contributed by atoms with Gasteiger partial charge in [0.1, 0.15) is 12.6 Å². The van der Waals surface area contributed by atoms with Crippen LogP contribution in [0.25, 0.3) is 0 Å². The van der Waals surface area contributed by atoms with Crippen molar-refractivity contribution in [3.8, 4) is 0 Å². The predicted octanol–water partition coefficient (Wildman–Crippen LogP) is 5.28. The molecule has 0 heterocycles. The Morgan fingerprint density at radius 1 is 0.950 bits per heavy atom. The minimum Gasteiger partial charge on any atom is -0.352 e. The zero-order chi connectivity index (χ0) is 29.4. The Balaban J connectivity index is 2.08. The lowest BCUT2D eigenvalue weighted by atomic mass is 10.0. The van der Waals surface area contributed by atoms with Crippen LogP contribution < -0.4 is 9.62 Å². The highest BCUT2D eigenvalue weighted by Crippen LogP contribution is 2.27. The van der Waals surface area contributed by atoms with E-state index in [1.165, 1.54) is 11.0 Å². The fourth-order valence-electron chi connectivity index (χ4n) is 4.33. The Morgan fingerprint density at radius 2 is 1.60 bits per heavy atom. The molecule has 40 heavy (non-hydrogen) atoms. The summed E-state index contributed by atoms with van der Waals surface area (Å²) in [4.78, 5) is 29.3. The number of anilines is 1. The SMILES string of the molecule is CC[C@@H](C)NC(=O)[C@H](Cc1ccccc1)N(Cc1ccc(C)cc1)C(=O)CN(c1cc(Cl)ccc1C)S(C)(=O)=O. The van der Waals surface area contributed by atoms with Gasteiger partial charge in [-0.25, -0.2) is 8.42 Å². The first-order valence-corrected chi connectivity index (χ1v) is 15.5. The summed E-state index contributed by atoms with van der Waals surface area (Å²) < 4.78 is 27.0. The molecule has 3 aromatic rings. The van der Waals surface area contributed by atoms with E-state index in [4.69, 9.17) is 11.6 Å². The monoisotopic (exact) mass is 583 g/mol. The lowest BCUT2D eigenvalue weighted by molar-refractivity contribution is -0.140. The maximum absolute atomic E-state index is 14.1. The average molecular weight is 584 g/mol. The number of hydrogen-bond donors (Lipinski definition) is 1. The number of nitrogens with zero attached hydrogens (tertiary/aromatic N) is 2. The van der Waals surface area contributed by atoms with Gasteiger partial charge >= 0.3 is 0 Å². The molecule has 0 bridgehead atoms. The number of aryl methyl sites for hydroxylation is 2. The van der Waals surface area contributed by atoms with Crippen LogP contribution in [0.15, 0.2) is 72.8 Å². The molecule has 0 spiro atoms. The molecule has 0 aliphatic rings. The van der Waals surface area contributed by atoms with E-state index in [0.29, 0.717) is 16.3 Å². The zero-order valence-corrected chi connectivity index (χ0v) is 25.3. The Hall–Kier alpha value is -3.36. The summed E-state index contributed by atoms with van der Waals surface area (Å²) in [5.41, 5.74) is 3.76. The summed E-state index contributed by atoms with van der Waals surface area (Å²) >= 11 is 6.20. The van der Waals surface area contributed by atoms with Crippen LogP contribution in [0.4, 0.5) is 5.69 Å². The van der Waals surface area contributed by atoms with Crippen LogP contribution in [0.1, 0.15) is 42.5 Å². The number of rotatable bonds is 12. The van der Waals surface area contributed by atoms with E-state index in [9.17, 15) is 18.0 Å². The third-order valence-corrected chi connectivity index (χ3v) is 8.23. The van der Waals surface area contributed by atoms with Crippen molar-refractivity contribution in [2.45, 2.75) is 59.2 Å². The van der Waals surface area contributed by atoms with Crippen molar-refractivity contribution >= 4 is 39.1 Å². The van der Waals surface area contributed by atoms with Crippen molar-refractivity contribution < 1.29 is 18.0 Å². The Morgan fingerprint density at radius 3 is 2.20 bits per heavy atom. The fraction of sp³-hybridized carbons (Fsp3) is 0.355. The molecular formula is C31H38ClN3O4S. The lowest BCUT2D eigenvalue weighted by Crippen LogP contribution is -2.54. The summed E-state index contributed by atoms with van der Waals surface area (Å²) in [6, 6.07) is 21.2. The van der Waals surface area contributed by atoms with E-state index in [-0.39, 0.29) is 24.9 Å². The van der Waals surface area contributed by atoms with E-state index in [2.05, 4.69) is 5.32 Å². The molecule has 214 valence electrons. The van der Waals surface area contributed by atoms with Gasteiger partial charge in [0.05, 0.1) is 11.9 Å². The quantitative estimate of drug-likeness (QED) is 0.314. The van der Waals surface area contributed by atoms with Crippen LogP contribution >= 0.6 is 11.6 Å². The van der Waals surface area contributed by atoms with Gasteiger partial charge in [0.15, 0.2) is 0 Å². The number of carbonyl (C=O) groups excluding carboxylic acids is 2. The zero-order valence-electron chi connectivity index (χ0n) is 23.7. The first kappa shape index (κ1) is 31.2. The lowest BCUT2D eigenvalue weighted by Gasteiger charge is -2.34. The van der Waals surface area contributed by atoms with Gasteiger partial charge in [-0.1, -0.05) is 84.8 Å². The smallest absolute Gasteiger partial charge is 0.244 e. The van der Waals surface area contributed by atoms with Crippen LogP contribution in [0.5, 0.6) is 0 Å². The van der Waals surface area contributed by atoms with Crippen LogP contribution in [-0.4, -0.2) is 50.0 Å².